The average Bonchev–Trinajstić information content (AvgIpc) is 3.07. The lowest BCUT2D eigenvalue weighted by Crippen LogP contribution is -2.46. The monoisotopic (exact) mass is 282 g/mol. The number of nitrogens with zero attached hydrogens (tertiary/aromatic N) is 1. The molecule has 6 heteroatoms. The van der Waals surface area contributed by atoms with Gasteiger partial charge in [-0.3, -0.25) is 5.32 Å². The first kappa shape index (κ1) is 13.2. The van der Waals surface area contributed by atoms with E-state index < -0.39 is 5.54 Å². The Hall–Kier alpha value is -1.24. The summed E-state index contributed by atoms with van der Waals surface area (Å²) >= 11 is 3.09. The number of ether oxygens (including phenoxy) is 1. The summed E-state index contributed by atoms with van der Waals surface area (Å²) in [6, 6.07) is 4.01. The van der Waals surface area contributed by atoms with Gasteiger partial charge in [0.25, 0.3) is 0 Å². The third-order valence-electron chi connectivity index (χ3n) is 2.65. The van der Waals surface area contributed by atoms with E-state index in [0.29, 0.717) is 11.6 Å². The summed E-state index contributed by atoms with van der Waals surface area (Å²) in [7, 11) is 1.39. The molecule has 1 atom stereocenters. The van der Waals surface area contributed by atoms with E-state index in [1.54, 1.807) is 24.5 Å². The van der Waals surface area contributed by atoms with Crippen molar-refractivity contribution < 1.29 is 9.53 Å². The molecule has 1 N–H and O–H groups in total. The first-order valence-corrected chi connectivity index (χ1v) is 7.18. The number of carbonyl (C=O) groups excluding carboxylic acids is 1. The van der Waals surface area contributed by atoms with Crippen LogP contribution in [0.4, 0.5) is 0 Å². The van der Waals surface area contributed by atoms with Gasteiger partial charge in [-0.15, -0.1) is 22.7 Å². The van der Waals surface area contributed by atoms with E-state index in [9.17, 15) is 4.79 Å². The minimum atomic E-state index is -0.896. The Balaban J connectivity index is 2.18. The molecule has 0 amide bonds. The predicted molar refractivity (Wildman–Crippen MR) is 72.6 cm³/mol. The number of carbonyl (C=O) groups is 1. The van der Waals surface area contributed by atoms with Crippen molar-refractivity contribution in [1.29, 1.82) is 0 Å². The van der Waals surface area contributed by atoms with Crippen molar-refractivity contribution in [2.24, 2.45) is 0 Å². The summed E-state index contributed by atoms with van der Waals surface area (Å²) < 4.78 is 4.88. The highest BCUT2D eigenvalue weighted by atomic mass is 32.1. The van der Waals surface area contributed by atoms with Crippen molar-refractivity contribution in [3.63, 3.8) is 0 Å². The first-order chi connectivity index (χ1) is 8.66. The number of thiazole rings is 1. The van der Waals surface area contributed by atoms with Gasteiger partial charge in [-0.05, 0) is 18.4 Å². The van der Waals surface area contributed by atoms with Gasteiger partial charge in [0.15, 0.2) is 5.54 Å². The van der Waals surface area contributed by atoms with Crippen LogP contribution in [-0.4, -0.2) is 18.1 Å². The largest absolute Gasteiger partial charge is 0.467 e. The minimum Gasteiger partial charge on any atom is -0.467 e. The van der Waals surface area contributed by atoms with Gasteiger partial charge in [-0.25, -0.2) is 9.78 Å². The SMILES string of the molecule is COC(=O)C(C)(NCc1cccs1)c1nccs1. The van der Waals surface area contributed by atoms with E-state index in [-0.39, 0.29) is 5.97 Å². The number of nitrogens with one attached hydrogen (secondary N) is 1. The van der Waals surface area contributed by atoms with Gasteiger partial charge in [0.2, 0.25) is 0 Å². The summed E-state index contributed by atoms with van der Waals surface area (Å²) in [5.41, 5.74) is -0.896. The Labute approximate surface area is 114 Å². The summed E-state index contributed by atoms with van der Waals surface area (Å²) in [5.74, 6) is -0.325. The summed E-state index contributed by atoms with van der Waals surface area (Å²) in [6.45, 7) is 2.41. The van der Waals surface area contributed by atoms with Crippen molar-refractivity contribution in [2.45, 2.75) is 19.0 Å². The number of aromatic nitrogens is 1. The topological polar surface area (TPSA) is 51.2 Å². The molecule has 2 aromatic rings. The van der Waals surface area contributed by atoms with Gasteiger partial charge >= 0.3 is 5.97 Å². The highest BCUT2D eigenvalue weighted by molar-refractivity contribution is 7.10. The molecule has 0 aliphatic carbocycles. The maximum Gasteiger partial charge on any atom is 0.332 e. The second-order valence-corrected chi connectivity index (χ2v) is 5.81. The van der Waals surface area contributed by atoms with E-state index in [2.05, 4.69) is 10.3 Å². The molecule has 1 unspecified atom stereocenters. The molecule has 0 radical (unpaired) electrons. The molecule has 18 heavy (non-hydrogen) atoms. The molecule has 0 bridgehead atoms. The van der Waals surface area contributed by atoms with E-state index in [0.717, 1.165) is 0 Å². The fraction of sp³-hybridized carbons (Fsp3) is 0.333. The number of esters is 1. The lowest BCUT2D eigenvalue weighted by molar-refractivity contribution is -0.148. The molecular formula is C12H14N2O2S2. The third-order valence-corrected chi connectivity index (χ3v) is 4.52. The second kappa shape index (κ2) is 5.60. The summed E-state index contributed by atoms with van der Waals surface area (Å²) in [5, 5.41) is 7.81. The lowest BCUT2D eigenvalue weighted by atomic mass is 10.0. The Morgan fingerprint density at radius 3 is 2.89 bits per heavy atom. The molecule has 0 aromatic carbocycles. The zero-order valence-corrected chi connectivity index (χ0v) is 11.8. The Kier molecular flexibility index (Phi) is 4.11. The molecule has 0 spiro atoms. The Morgan fingerprint density at radius 1 is 1.50 bits per heavy atom. The molecule has 2 heterocycles. The number of thiophene rings is 1. The molecule has 0 saturated heterocycles. The number of hydrogen-bond donors (Lipinski definition) is 1. The fourth-order valence-corrected chi connectivity index (χ4v) is 2.99. The smallest absolute Gasteiger partial charge is 0.332 e. The van der Waals surface area contributed by atoms with E-state index in [1.165, 1.54) is 23.3 Å². The van der Waals surface area contributed by atoms with Crippen LogP contribution in [0, 0.1) is 0 Å². The van der Waals surface area contributed by atoms with E-state index in [1.807, 2.05) is 22.9 Å². The van der Waals surface area contributed by atoms with Gasteiger partial charge in [-0.2, -0.15) is 0 Å². The molecule has 0 fully saturated rings. The van der Waals surface area contributed by atoms with E-state index in [4.69, 9.17) is 4.74 Å². The van der Waals surface area contributed by atoms with Crippen LogP contribution < -0.4 is 5.32 Å². The Morgan fingerprint density at radius 2 is 2.33 bits per heavy atom. The van der Waals surface area contributed by atoms with Crippen LogP contribution in [0.2, 0.25) is 0 Å². The van der Waals surface area contributed by atoms with Crippen LogP contribution in [0.5, 0.6) is 0 Å². The molecule has 2 rings (SSSR count). The predicted octanol–water partition coefficient (Wildman–Crippen LogP) is 2.38. The van der Waals surface area contributed by atoms with Gasteiger partial charge in [0, 0.05) is 23.0 Å². The quantitative estimate of drug-likeness (QED) is 0.856. The van der Waals surface area contributed by atoms with Gasteiger partial charge in [0.05, 0.1) is 7.11 Å². The normalized spacial score (nSPS) is 14.1. The van der Waals surface area contributed by atoms with Gasteiger partial charge < -0.3 is 4.74 Å². The summed E-state index contributed by atoms with van der Waals surface area (Å²) in [6.07, 6.45) is 1.69. The van der Waals surface area contributed by atoms with Crippen molar-refractivity contribution in [2.75, 3.05) is 7.11 Å². The Bertz CT molecular complexity index is 496. The zero-order valence-electron chi connectivity index (χ0n) is 10.2. The maximum absolute atomic E-state index is 12.0. The second-order valence-electron chi connectivity index (χ2n) is 3.89. The molecule has 96 valence electrons. The van der Waals surface area contributed by atoms with Crippen LogP contribution in [0.15, 0.2) is 29.1 Å². The number of hydrogen-bond acceptors (Lipinski definition) is 6. The fourth-order valence-electron chi connectivity index (χ4n) is 1.59. The standard InChI is InChI=1S/C12H14N2O2S2/c1-12(11(15)16-2,10-13-5-7-18-10)14-8-9-4-3-6-17-9/h3-7,14H,8H2,1-2H3. The van der Waals surface area contributed by atoms with E-state index >= 15 is 0 Å². The van der Waals surface area contributed by atoms with Crippen LogP contribution in [0.1, 0.15) is 16.8 Å². The van der Waals surface area contributed by atoms with Crippen LogP contribution in [-0.2, 0) is 21.6 Å². The molecule has 0 saturated carbocycles. The highest BCUT2D eigenvalue weighted by Crippen LogP contribution is 2.25. The number of methoxy groups -OCH3 is 1. The highest BCUT2D eigenvalue weighted by Gasteiger charge is 2.38. The summed E-state index contributed by atoms with van der Waals surface area (Å²) in [4.78, 5) is 17.4. The van der Waals surface area contributed by atoms with Crippen molar-refractivity contribution in [3.05, 3.63) is 39.0 Å². The molecule has 0 aliphatic rings. The van der Waals surface area contributed by atoms with Crippen LogP contribution >= 0.6 is 22.7 Å². The first-order valence-electron chi connectivity index (χ1n) is 5.42. The van der Waals surface area contributed by atoms with Crippen LogP contribution in [0.25, 0.3) is 0 Å². The molecule has 4 nitrogen and oxygen atoms in total. The number of rotatable bonds is 5. The molecule has 2 aromatic heterocycles. The van der Waals surface area contributed by atoms with Crippen molar-refractivity contribution >= 4 is 28.6 Å². The molecule has 0 aliphatic heterocycles. The maximum atomic E-state index is 12.0. The van der Waals surface area contributed by atoms with Gasteiger partial charge in [0.1, 0.15) is 5.01 Å². The minimum absolute atomic E-state index is 0.325. The zero-order chi connectivity index (χ0) is 13.0. The van der Waals surface area contributed by atoms with Gasteiger partial charge in [-0.1, -0.05) is 6.07 Å². The third kappa shape index (κ3) is 2.60. The average molecular weight is 282 g/mol. The van der Waals surface area contributed by atoms with Crippen LogP contribution in [0.3, 0.4) is 0 Å². The van der Waals surface area contributed by atoms with Crippen molar-refractivity contribution in [1.82, 2.24) is 10.3 Å². The lowest BCUT2D eigenvalue weighted by Gasteiger charge is -2.25. The van der Waals surface area contributed by atoms with Crippen molar-refractivity contribution in [3.8, 4) is 0 Å². The molecular weight excluding hydrogens is 268 g/mol.